The predicted octanol–water partition coefficient (Wildman–Crippen LogP) is 3.87. The number of carbonyl (C=O) groups excluding carboxylic acids is 1. The minimum Gasteiger partial charge on any atom is -0.483 e. The van der Waals surface area contributed by atoms with Crippen molar-refractivity contribution in [1.82, 2.24) is 5.32 Å². The largest absolute Gasteiger partial charge is 0.483 e. The average Bonchev–Trinajstić information content (AvgIpc) is 2.57. The maximum absolute atomic E-state index is 14.5. The smallest absolute Gasteiger partial charge is 0.262 e. The van der Waals surface area contributed by atoms with E-state index in [1.54, 1.807) is 24.3 Å². The highest BCUT2D eigenvalue weighted by atomic mass is 35.5. The fourth-order valence-corrected chi connectivity index (χ4v) is 2.96. The first-order chi connectivity index (χ1) is 11.5. The van der Waals surface area contributed by atoms with E-state index in [1.165, 1.54) is 0 Å². The van der Waals surface area contributed by atoms with E-state index in [-0.39, 0.29) is 30.5 Å². The Morgan fingerprint density at radius 1 is 1.36 bits per heavy atom. The number of benzene rings is 2. The first-order valence-electron chi connectivity index (χ1n) is 7.74. The molecule has 0 aliphatic carbocycles. The summed E-state index contributed by atoms with van der Waals surface area (Å²) in [5, 5.41) is 6.38. The summed E-state index contributed by atoms with van der Waals surface area (Å²) >= 11 is 5.88. The van der Waals surface area contributed by atoms with Gasteiger partial charge in [0, 0.05) is 11.6 Å². The molecule has 0 saturated heterocycles. The lowest BCUT2D eigenvalue weighted by Gasteiger charge is -2.19. The molecule has 4 nitrogen and oxygen atoms in total. The van der Waals surface area contributed by atoms with Gasteiger partial charge in [0.25, 0.3) is 5.91 Å². The normalized spacial score (nSPS) is 12.8. The number of anilines is 1. The topological polar surface area (TPSA) is 50.4 Å². The summed E-state index contributed by atoms with van der Waals surface area (Å²) in [6.07, 6.45) is 0.616. The Balaban J connectivity index is 0.00000225. The van der Waals surface area contributed by atoms with Gasteiger partial charge in [0.1, 0.15) is 11.6 Å². The number of ether oxygens (including phenoxy) is 1. The molecule has 0 radical (unpaired) electrons. The minimum atomic E-state index is -0.405. The summed E-state index contributed by atoms with van der Waals surface area (Å²) in [5.41, 5.74) is 2.63. The molecule has 0 saturated carbocycles. The van der Waals surface area contributed by atoms with Gasteiger partial charge in [-0.1, -0.05) is 17.7 Å². The molecule has 2 aromatic carbocycles. The monoisotopic (exact) mass is 384 g/mol. The van der Waals surface area contributed by atoms with Crippen LogP contribution in [0.15, 0.2) is 30.3 Å². The van der Waals surface area contributed by atoms with E-state index in [2.05, 4.69) is 10.6 Å². The Hall–Kier alpha value is -1.82. The first kappa shape index (κ1) is 19.5. The molecule has 0 unspecified atom stereocenters. The third-order valence-electron chi connectivity index (χ3n) is 3.98. The number of hydrogen-bond donors (Lipinski definition) is 2. The van der Waals surface area contributed by atoms with Crippen LogP contribution in [0.2, 0.25) is 5.02 Å². The van der Waals surface area contributed by atoms with Crippen LogP contribution in [0.25, 0.3) is 0 Å². The van der Waals surface area contributed by atoms with E-state index in [0.717, 1.165) is 17.7 Å². The van der Waals surface area contributed by atoms with Crippen LogP contribution in [0.4, 0.5) is 10.1 Å². The zero-order chi connectivity index (χ0) is 17.1. The molecule has 1 aliphatic heterocycles. The molecule has 2 aromatic rings. The zero-order valence-electron chi connectivity index (χ0n) is 13.7. The van der Waals surface area contributed by atoms with Gasteiger partial charge >= 0.3 is 0 Å². The summed E-state index contributed by atoms with van der Waals surface area (Å²) in [6.45, 7) is 3.04. The molecule has 0 atom stereocenters. The van der Waals surface area contributed by atoms with Crippen molar-refractivity contribution in [1.29, 1.82) is 0 Å². The molecule has 0 bridgehead atoms. The lowest BCUT2D eigenvalue weighted by molar-refractivity contribution is -0.118. The van der Waals surface area contributed by atoms with Gasteiger partial charge in [-0.3, -0.25) is 4.79 Å². The average molecular weight is 385 g/mol. The first-order valence-corrected chi connectivity index (χ1v) is 8.12. The van der Waals surface area contributed by atoms with Crippen molar-refractivity contribution in [3.05, 3.63) is 57.9 Å². The molecule has 0 fully saturated rings. The fraction of sp³-hybridized carbons (Fsp3) is 0.278. The molecule has 25 heavy (non-hydrogen) atoms. The minimum absolute atomic E-state index is 0. The van der Waals surface area contributed by atoms with Crippen LogP contribution >= 0.6 is 24.0 Å². The van der Waals surface area contributed by atoms with E-state index >= 15 is 0 Å². The number of nitrogens with one attached hydrogen (secondary N) is 2. The van der Waals surface area contributed by atoms with Gasteiger partial charge in [0.05, 0.1) is 5.69 Å². The van der Waals surface area contributed by atoms with Crippen molar-refractivity contribution in [3.8, 4) is 5.75 Å². The molecule has 134 valence electrons. The number of halogens is 3. The van der Waals surface area contributed by atoms with Gasteiger partial charge in [-0.15, -0.1) is 12.4 Å². The van der Waals surface area contributed by atoms with E-state index in [0.29, 0.717) is 29.3 Å². The van der Waals surface area contributed by atoms with Crippen LogP contribution in [0.1, 0.15) is 16.7 Å². The highest BCUT2D eigenvalue weighted by Gasteiger charge is 2.17. The number of hydrogen-bond acceptors (Lipinski definition) is 3. The molecule has 0 spiro atoms. The Morgan fingerprint density at radius 3 is 2.92 bits per heavy atom. The lowest BCUT2D eigenvalue weighted by atomic mass is 9.99. The van der Waals surface area contributed by atoms with Crippen LogP contribution in [0.3, 0.4) is 0 Å². The summed E-state index contributed by atoms with van der Waals surface area (Å²) in [7, 11) is 0. The Kier molecular flexibility index (Phi) is 6.64. The van der Waals surface area contributed by atoms with Gasteiger partial charge in [0.2, 0.25) is 0 Å². The Labute approximate surface area is 157 Å². The Bertz CT molecular complexity index is 784. The third kappa shape index (κ3) is 4.63. The maximum atomic E-state index is 14.5. The molecule has 3 rings (SSSR count). The number of carbonyl (C=O) groups is 1. The molecular formula is C18H19Cl2FN2O2. The van der Waals surface area contributed by atoms with Crippen molar-refractivity contribution < 1.29 is 13.9 Å². The zero-order valence-corrected chi connectivity index (χ0v) is 15.3. The van der Waals surface area contributed by atoms with Crippen LogP contribution in [0, 0.1) is 12.7 Å². The van der Waals surface area contributed by atoms with Gasteiger partial charge < -0.3 is 15.4 Å². The summed E-state index contributed by atoms with van der Waals surface area (Å²) in [6, 6.07) is 8.58. The molecule has 1 aliphatic rings. The summed E-state index contributed by atoms with van der Waals surface area (Å²) in [5.74, 6) is -0.186. The van der Waals surface area contributed by atoms with Crippen LogP contribution in [0.5, 0.6) is 5.75 Å². The second-order valence-electron chi connectivity index (χ2n) is 5.74. The number of rotatable bonds is 4. The molecule has 1 heterocycles. The highest BCUT2D eigenvalue weighted by Crippen LogP contribution is 2.25. The third-order valence-corrected chi connectivity index (χ3v) is 4.21. The maximum Gasteiger partial charge on any atom is 0.262 e. The van der Waals surface area contributed by atoms with Crippen LogP contribution in [-0.4, -0.2) is 19.1 Å². The highest BCUT2D eigenvalue weighted by molar-refractivity contribution is 6.30. The van der Waals surface area contributed by atoms with E-state index in [4.69, 9.17) is 16.3 Å². The van der Waals surface area contributed by atoms with Gasteiger partial charge in [-0.25, -0.2) is 4.39 Å². The molecular weight excluding hydrogens is 366 g/mol. The fourth-order valence-electron chi connectivity index (χ4n) is 2.73. The van der Waals surface area contributed by atoms with Crippen LogP contribution in [-0.2, 0) is 17.8 Å². The van der Waals surface area contributed by atoms with E-state index in [9.17, 15) is 9.18 Å². The van der Waals surface area contributed by atoms with E-state index in [1.807, 2.05) is 13.0 Å². The standard InChI is InChI=1S/C18H18ClFN2O2.ClH/c1-11-8-13(19)3-5-16(11)24-10-17(23)22-15-4-2-12-9-21-7-6-14(12)18(15)20;/h2-5,8,21H,6-7,9-10H2,1H3,(H,22,23);1H. The number of fused-ring (bicyclic) bond motifs is 1. The second-order valence-corrected chi connectivity index (χ2v) is 6.17. The molecule has 1 amide bonds. The SMILES string of the molecule is Cc1cc(Cl)ccc1OCC(=O)Nc1ccc2c(c1F)CCNC2.Cl. The second kappa shape index (κ2) is 8.52. The molecule has 2 N–H and O–H groups in total. The predicted molar refractivity (Wildman–Crippen MR) is 99.4 cm³/mol. The lowest BCUT2D eigenvalue weighted by Crippen LogP contribution is -2.26. The van der Waals surface area contributed by atoms with Gasteiger partial charge in [-0.05, 0) is 60.8 Å². The summed E-state index contributed by atoms with van der Waals surface area (Å²) in [4.78, 5) is 12.0. The summed E-state index contributed by atoms with van der Waals surface area (Å²) < 4.78 is 20.0. The quantitative estimate of drug-likeness (QED) is 0.840. The Morgan fingerprint density at radius 2 is 2.16 bits per heavy atom. The number of amides is 1. The van der Waals surface area contributed by atoms with Crippen molar-refractivity contribution in [2.75, 3.05) is 18.5 Å². The number of aryl methyl sites for hydroxylation is 1. The van der Waals surface area contributed by atoms with E-state index < -0.39 is 5.91 Å². The van der Waals surface area contributed by atoms with Crippen molar-refractivity contribution in [2.24, 2.45) is 0 Å². The molecule has 0 aromatic heterocycles. The van der Waals surface area contributed by atoms with Gasteiger partial charge in [0.15, 0.2) is 6.61 Å². The van der Waals surface area contributed by atoms with Gasteiger partial charge in [-0.2, -0.15) is 0 Å². The van der Waals surface area contributed by atoms with Crippen molar-refractivity contribution in [2.45, 2.75) is 19.9 Å². The van der Waals surface area contributed by atoms with Crippen molar-refractivity contribution >= 4 is 35.6 Å². The molecule has 7 heteroatoms. The van der Waals surface area contributed by atoms with Crippen LogP contribution < -0.4 is 15.4 Å². The van der Waals surface area contributed by atoms with Crippen molar-refractivity contribution in [3.63, 3.8) is 0 Å².